The Bertz CT molecular complexity index is 883. The predicted octanol–water partition coefficient (Wildman–Crippen LogP) is 1.04. The third-order valence-corrected chi connectivity index (χ3v) is 5.37. The maximum absolute atomic E-state index is 13.0. The second kappa shape index (κ2) is 8.08. The fraction of sp³-hybridized carbons (Fsp3) is 0.381. The van der Waals surface area contributed by atoms with E-state index in [0.717, 1.165) is 5.56 Å². The lowest BCUT2D eigenvalue weighted by molar-refractivity contribution is -0.156. The number of amides is 3. The van der Waals surface area contributed by atoms with Crippen LogP contribution in [0.5, 0.6) is 0 Å². The Morgan fingerprint density at radius 2 is 2.00 bits per heavy atom. The van der Waals surface area contributed by atoms with Crippen molar-refractivity contribution in [2.24, 2.45) is 0 Å². The molecule has 0 saturated carbocycles. The minimum atomic E-state index is -0.741. The van der Waals surface area contributed by atoms with Crippen LogP contribution in [0.15, 0.2) is 53.1 Å². The Balaban J connectivity index is 1.39. The van der Waals surface area contributed by atoms with E-state index < -0.39 is 18.2 Å². The highest BCUT2D eigenvalue weighted by Crippen LogP contribution is 2.20. The molecule has 29 heavy (non-hydrogen) atoms. The lowest BCUT2D eigenvalue weighted by Gasteiger charge is -2.45. The summed E-state index contributed by atoms with van der Waals surface area (Å²) < 4.78 is 11.0. The number of nitrogens with one attached hydrogen (secondary N) is 1. The van der Waals surface area contributed by atoms with Gasteiger partial charge in [0.1, 0.15) is 12.1 Å². The zero-order valence-electron chi connectivity index (χ0n) is 16.1. The molecule has 2 aliphatic heterocycles. The van der Waals surface area contributed by atoms with Crippen molar-refractivity contribution in [3.05, 3.63) is 60.1 Å². The Hall–Kier alpha value is -3.13. The largest absolute Gasteiger partial charge is 0.459 e. The number of ether oxygens (including phenoxy) is 1. The molecule has 3 amide bonds. The molecule has 3 heterocycles. The third-order valence-electron chi connectivity index (χ3n) is 5.37. The lowest BCUT2D eigenvalue weighted by atomic mass is 10.0. The van der Waals surface area contributed by atoms with Crippen molar-refractivity contribution < 1.29 is 23.5 Å². The molecule has 8 heteroatoms. The number of piperazine rings is 2. The van der Waals surface area contributed by atoms with Gasteiger partial charge in [-0.3, -0.25) is 14.4 Å². The quantitative estimate of drug-likeness (QED) is 0.814. The number of benzene rings is 1. The molecule has 2 saturated heterocycles. The van der Waals surface area contributed by atoms with Crippen LogP contribution >= 0.6 is 0 Å². The summed E-state index contributed by atoms with van der Waals surface area (Å²) in [6.07, 6.45) is 0.956. The van der Waals surface area contributed by atoms with Gasteiger partial charge in [-0.2, -0.15) is 0 Å². The van der Waals surface area contributed by atoms with E-state index in [4.69, 9.17) is 9.15 Å². The molecule has 152 valence electrons. The summed E-state index contributed by atoms with van der Waals surface area (Å²) in [5, 5.41) is 2.78. The van der Waals surface area contributed by atoms with Gasteiger partial charge in [-0.25, -0.2) is 0 Å². The van der Waals surface area contributed by atoms with Crippen LogP contribution in [0.2, 0.25) is 0 Å². The molecular formula is C21H23N3O5. The van der Waals surface area contributed by atoms with Gasteiger partial charge in [0.05, 0.1) is 25.5 Å². The van der Waals surface area contributed by atoms with Crippen molar-refractivity contribution in [2.45, 2.75) is 31.7 Å². The Morgan fingerprint density at radius 1 is 1.21 bits per heavy atom. The number of hydrogen-bond donors (Lipinski definition) is 1. The van der Waals surface area contributed by atoms with Crippen LogP contribution in [-0.4, -0.2) is 65.3 Å². The fourth-order valence-corrected chi connectivity index (χ4v) is 3.72. The van der Waals surface area contributed by atoms with Gasteiger partial charge in [-0.05, 0) is 24.6 Å². The summed E-state index contributed by atoms with van der Waals surface area (Å²) in [7, 11) is 0. The molecule has 1 N–H and O–H groups in total. The smallest absolute Gasteiger partial charge is 0.289 e. The molecule has 1 aromatic carbocycles. The summed E-state index contributed by atoms with van der Waals surface area (Å²) in [6.45, 7) is 2.93. The molecule has 0 radical (unpaired) electrons. The van der Waals surface area contributed by atoms with E-state index in [9.17, 15) is 14.4 Å². The minimum absolute atomic E-state index is 0.142. The van der Waals surface area contributed by atoms with E-state index >= 15 is 0 Å². The van der Waals surface area contributed by atoms with Crippen LogP contribution in [0.25, 0.3) is 0 Å². The van der Waals surface area contributed by atoms with Gasteiger partial charge in [0.2, 0.25) is 11.8 Å². The molecule has 1 aromatic heterocycles. The number of furan rings is 1. The van der Waals surface area contributed by atoms with Gasteiger partial charge in [0, 0.05) is 13.1 Å². The summed E-state index contributed by atoms with van der Waals surface area (Å²) in [6, 6.07) is 11.4. The number of nitrogens with zero attached hydrogens (tertiary/aromatic N) is 2. The first kappa shape index (κ1) is 19.2. The lowest BCUT2D eigenvalue weighted by Crippen LogP contribution is -2.71. The van der Waals surface area contributed by atoms with Crippen molar-refractivity contribution in [3.8, 4) is 0 Å². The molecule has 0 aliphatic carbocycles. The minimum Gasteiger partial charge on any atom is -0.459 e. The van der Waals surface area contributed by atoms with Crippen LogP contribution in [0, 0.1) is 0 Å². The highest BCUT2D eigenvalue weighted by molar-refractivity contribution is 5.99. The Kier molecular flexibility index (Phi) is 5.35. The van der Waals surface area contributed by atoms with Crippen molar-refractivity contribution in [1.82, 2.24) is 15.1 Å². The molecule has 4 rings (SSSR count). The molecule has 2 aliphatic rings. The van der Waals surface area contributed by atoms with E-state index in [0.29, 0.717) is 19.7 Å². The molecule has 0 spiro atoms. The Morgan fingerprint density at radius 3 is 2.72 bits per heavy atom. The molecule has 0 bridgehead atoms. The van der Waals surface area contributed by atoms with E-state index in [2.05, 4.69) is 5.32 Å². The molecule has 2 aromatic rings. The fourth-order valence-electron chi connectivity index (χ4n) is 3.72. The first-order chi connectivity index (χ1) is 14.0. The standard InChI is InChI=1S/C21H23N3O5/c1-14(29-13-15-6-3-2-4-7-15)18-21(27)24-10-9-23(12-16(24)19(25)22-18)20(26)17-8-5-11-28-17/h2-8,11,14,16,18H,9-10,12-13H2,1H3,(H,22,25)/t14-,16+,18+/m0/s1. The molecular weight excluding hydrogens is 374 g/mol. The highest BCUT2D eigenvalue weighted by Gasteiger charge is 2.46. The van der Waals surface area contributed by atoms with Crippen LogP contribution in [0.3, 0.4) is 0 Å². The van der Waals surface area contributed by atoms with Crippen molar-refractivity contribution >= 4 is 17.7 Å². The van der Waals surface area contributed by atoms with Gasteiger partial charge in [-0.1, -0.05) is 30.3 Å². The maximum Gasteiger partial charge on any atom is 0.289 e. The van der Waals surface area contributed by atoms with Gasteiger partial charge >= 0.3 is 0 Å². The van der Waals surface area contributed by atoms with E-state index in [-0.39, 0.29) is 30.0 Å². The predicted molar refractivity (Wildman–Crippen MR) is 103 cm³/mol. The van der Waals surface area contributed by atoms with Gasteiger partial charge in [0.25, 0.3) is 5.91 Å². The number of rotatable bonds is 5. The summed E-state index contributed by atoms with van der Waals surface area (Å²) in [4.78, 5) is 41.3. The van der Waals surface area contributed by atoms with Gasteiger partial charge in [0.15, 0.2) is 5.76 Å². The van der Waals surface area contributed by atoms with E-state index in [1.165, 1.54) is 6.26 Å². The molecule has 0 unspecified atom stereocenters. The van der Waals surface area contributed by atoms with Crippen molar-refractivity contribution in [1.29, 1.82) is 0 Å². The topological polar surface area (TPSA) is 92.1 Å². The van der Waals surface area contributed by atoms with E-state index in [1.54, 1.807) is 28.9 Å². The SMILES string of the molecule is C[C@H](OCc1ccccc1)[C@H]1NC(=O)[C@H]2CN(C(=O)c3ccco3)CCN2C1=O. The van der Waals surface area contributed by atoms with E-state index in [1.807, 2.05) is 30.3 Å². The normalized spacial score (nSPS) is 22.8. The number of hydrogen-bond acceptors (Lipinski definition) is 5. The first-order valence-corrected chi connectivity index (χ1v) is 9.64. The first-order valence-electron chi connectivity index (χ1n) is 9.64. The number of carbonyl (C=O) groups is 3. The van der Waals surface area contributed by atoms with Crippen LogP contribution < -0.4 is 5.32 Å². The van der Waals surface area contributed by atoms with Crippen molar-refractivity contribution in [2.75, 3.05) is 19.6 Å². The number of carbonyl (C=O) groups excluding carboxylic acids is 3. The molecule has 8 nitrogen and oxygen atoms in total. The van der Waals surface area contributed by atoms with Crippen LogP contribution in [0.4, 0.5) is 0 Å². The monoisotopic (exact) mass is 397 g/mol. The highest BCUT2D eigenvalue weighted by atomic mass is 16.5. The van der Waals surface area contributed by atoms with Crippen LogP contribution in [0.1, 0.15) is 23.0 Å². The summed E-state index contributed by atoms with van der Waals surface area (Å²) in [5.41, 5.74) is 0.997. The van der Waals surface area contributed by atoms with Gasteiger partial charge < -0.3 is 24.3 Å². The molecule has 2 fully saturated rings. The zero-order chi connectivity index (χ0) is 20.4. The van der Waals surface area contributed by atoms with Crippen LogP contribution in [-0.2, 0) is 20.9 Å². The van der Waals surface area contributed by atoms with Crippen molar-refractivity contribution in [3.63, 3.8) is 0 Å². The Labute approximate surface area is 168 Å². The third kappa shape index (κ3) is 3.88. The average molecular weight is 397 g/mol. The second-order valence-electron chi connectivity index (χ2n) is 7.26. The number of fused-ring (bicyclic) bond motifs is 1. The second-order valence-corrected chi connectivity index (χ2v) is 7.26. The molecule has 3 atom stereocenters. The summed E-state index contributed by atoms with van der Waals surface area (Å²) in [5.74, 6) is -0.514. The average Bonchev–Trinajstić information content (AvgIpc) is 3.29. The zero-order valence-corrected chi connectivity index (χ0v) is 16.1. The van der Waals surface area contributed by atoms with Gasteiger partial charge in [-0.15, -0.1) is 0 Å². The maximum atomic E-state index is 13.0. The summed E-state index contributed by atoms with van der Waals surface area (Å²) >= 11 is 0.